The monoisotopic (exact) mass is 358 g/mol. The van der Waals surface area contributed by atoms with Crippen LogP contribution in [-0.2, 0) is 0 Å². The van der Waals surface area contributed by atoms with Crippen molar-refractivity contribution in [1.82, 2.24) is 9.78 Å². The number of benzene rings is 2. The molecule has 126 valence electrons. The Hall–Kier alpha value is -3.17. The van der Waals surface area contributed by atoms with Gasteiger partial charge in [-0.3, -0.25) is 4.79 Å². The summed E-state index contributed by atoms with van der Waals surface area (Å²) in [5.74, 6) is 0. The van der Waals surface area contributed by atoms with Gasteiger partial charge in [0.05, 0.1) is 11.4 Å². The molecule has 0 atom stereocenters. The minimum atomic E-state index is -0.0625. The van der Waals surface area contributed by atoms with Gasteiger partial charge < -0.3 is 0 Å². The molecule has 0 saturated carbocycles. The van der Waals surface area contributed by atoms with Crippen LogP contribution in [0.1, 0.15) is 11.3 Å². The van der Waals surface area contributed by atoms with E-state index in [1.54, 1.807) is 16.8 Å². The first-order valence-electron chi connectivity index (χ1n) is 8.23. The van der Waals surface area contributed by atoms with E-state index < -0.39 is 0 Å². The third kappa shape index (κ3) is 3.17. The van der Waals surface area contributed by atoms with Crippen LogP contribution in [0.3, 0.4) is 0 Å². The van der Waals surface area contributed by atoms with Crippen LogP contribution in [0, 0.1) is 0 Å². The number of hydrogen-bond acceptors (Lipinski definition) is 2. The molecule has 0 aliphatic heterocycles. The second-order valence-electron chi connectivity index (χ2n) is 5.86. The van der Waals surface area contributed by atoms with Crippen LogP contribution >= 0.6 is 11.6 Å². The lowest BCUT2D eigenvalue weighted by Gasteiger charge is -2.00. The van der Waals surface area contributed by atoms with Crippen molar-refractivity contribution in [3.63, 3.8) is 0 Å². The van der Waals surface area contributed by atoms with Crippen LogP contribution in [0.5, 0.6) is 0 Å². The standard InChI is InChI=1S/C22H15ClN2O/c23-17-13-10-16(11-14-17)12-15-20-19-8-4-5-9-21(26)22(19)25(24-20)18-6-2-1-3-7-18/h1-15H. The quantitative estimate of drug-likeness (QED) is 0.504. The molecule has 4 heteroatoms. The van der Waals surface area contributed by atoms with E-state index in [1.807, 2.05) is 78.9 Å². The highest BCUT2D eigenvalue weighted by Crippen LogP contribution is 2.21. The molecule has 0 aliphatic rings. The van der Waals surface area contributed by atoms with Gasteiger partial charge in [-0.15, -0.1) is 0 Å². The molecule has 0 amide bonds. The second kappa shape index (κ2) is 6.98. The van der Waals surface area contributed by atoms with Crippen LogP contribution in [0.2, 0.25) is 5.02 Å². The SMILES string of the molecule is O=c1ccccc2c(C=Cc3ccc(Cl)cc3)nn(-c3ccccc3)c12. The molecule has 0 fully saturated rings. The van der Waals surface area contributed by atoms with Crippen LogP contribution in [0.25, 0.3) is 28.7 Å². The van der Waals surface area contributed by atoms with Crippen LogP contribution < -0.4 is 5.43 Å². The summed E-state index contributed by atoms with van der Waals surface area (Å²) in [5.41, 5.74) is 3.11. The van der Waals surface area contributed by atoms with E-state index in [9.17, 15) is 4.79 Å². The largest absolute Gasteiger partial charge is 0.288 e. The lowest BCUT2D eigenvalue weighted by molar-refractivity contribution is 0.902. The maximum Gasteiger partial charge on any atom is 0.204 e. The van der Waals surface area contributed by atoms with E-state index in [1.165, 1.54) is 0 Å². The molecule has 1 aromatic heterocycles. The second-order valence-corrected chi connectivity index (χ2v) is 6.30. The van der Waals surface area contributed by atoms with E-state index in [4.69, 9.17) is 11.6 Å². The lowest BCUT2D eigenvalue weighted by Crippen LogP contribution is -2.04. The zero-order chi connectivity index (χ0) is 17.9. The molecule has 1 heterocycles. The van der Waals surface area contributed by atoms with Crippen molar-refractivity contribution < 1.29 is 0 Å². The first-order valence-corrected chi connectivity index (χ1v) is 8.61. The van der Waals surface area contributed by atoms with Gasteiger partial charge in [0.2, 0.25) is 5.43 Å². The van der Waals surface area contributed by atoms with E-state index in [2.05, 4.69) is 5.10 Å². The molecule has 0 radical (unpaired) electrons. The molecule has 4 aromatic rings. The molecule has 0 N–H and O–H groups in total. The van der Waals surface area contributed by atoms with E-state index in [-0.39, 0.29) is 5.43 Å². The predicted octanol–water partition coefficient (Wildman–Crippen LogP) is 5.21. The predicted molar refractivity (Wildman–Crippen MR) is 108 cm³/mol. The van der Waals surface area contributed by atoms with Crippen molar-refractivity contribution in [2.24, 2.45) is 0 Å². The maximum absolute atomic E-state index is 12.6. The highest BCUT2D eigenvalue weighted by atomic mass is 35.5. The van der Waals surface area contributed by atoms with Crippen LogP contribution in [-0.4, -0.2) is 9.78 Å². The first kappa shape index (κ1) is 16.3. The van der Waals surface area contributed by atoms with E-state index >= 15 is 0 Å². The molecule has 0 aliphatic carbocycles. The Morgan fingerprint density at radius 1 is 0.808 bits per heavy atom. The number of aromatic nitrogens is 2. The lowest BCUT2D eigenvalue weighted by atomic mass is 10.2. The fourth-order valence-electron chi connectivity index (χ4n) is 2.85. The first-order chi connectivity index (χ1) is 12.7. The van der Waals surface area contributed by atoms with Crippen molar-refractivity contribution in [2.45, 2.75) is 0 Å². The highest BCUT2D eigenvalue weighted by Gasteiger charge is 2.11. The molecular formula is C22H15ClN2O. The van der Waals surface area contributed by atoms with Gasteiger partial charge in [-0.2, -0.15) is 5.10 Å². The highest BCUT2D eigenvalue weighted by molar-refractivity contribution is 6.30. The molecule has 0 bridgehead atoms. The molecular weight excluding hydrogens is 344 g/mol. The van der Waals surface area contributed by atoms with Gasteiger partial charge in [-0.05, 0) is 42.0 Å². The normalized spacial score (nSPS) is 11.3. The fourth-order valence-corrected chi connectivity index (χ4v) is 2.98. The maximum atomic E-state index is 12.6. The zero-order valence-corrected chi connectivity index (χ0v) is 14.6. The summed E-state index contributed by atoms with van der Waals surface area (Å²) in [6.07, 6.45) is 3.88. The Balaban J connectivity index is 1.91. The van der Waals surface area contributed by atoms with Gasteiger partial charge >= 0.3 is 0 Å². The number of halogens is 1. The summed E-state index contributed by atoms with van der Waals surface area (Å²) in [5, 5.41) is 6.20. The number of fused-ring (bicyclic) bond motifs is 1. The van der Waals surface area contributed by atoms with Gasteiger partial charge in [0.1, 0.15) is 5.52 Å². The summed E-state index contributed by atoms with van der Waals surface area (Å²) in [6, 6.07) is 24.3. The van der Waals surface area contributed by atoms with Crippen molar-refractivity contribution >= 4 is 34.7 Å². The van der Waals surface area contributed by atoms with Crippen molar-refractivity contribution in [3.8, 4) is 5.69 Å². The molecule has 3 aromatic carbocycles. The Kier molecular flexibility index (Phi) is 4.38. The van der Waals surface area contributed by atoms with E-state index in [0.29, 0.717) is 10.5 Å². The minimum absolute atomic E-state index is 0.0625. The molecule has 0 spiro atoms. The van der Waals surface area contributed by atoms with Crippen LogP contribution in [0.4, 0.5) is 0 Å². The van der Waals surface area contributed by atoms with Crippen molar-refractivity contribution in [3.05, 3.63) is 105 Å². The summed E-state index contributed by atoms with van der Waals surface area (Å²) >= 11 is 5.94. The summed E-state index contributed by atoms with van der Waals surface area (Å²) in [4.78, 5) is 12.6. The van der Waals surface area contributed by atoms with Gasteiger partial charge in [0.15, 0.2) is 0 Å². The Bertz CT molecular complexity index is 1150. The molecule has 3 nitrogen and oxygen atoms in total. The number of para-hydroxylation sites is 1. The summed E-state index contributed by atoms with van der Waals surface area (Å²) in [6.45, 7) is 0. The molecule has 26 heavy (non-hydrogen) atoms. The summed E-state index contributed by atoms with van der Waals surface area (Å²) < 4.78 is 1.71. The number of rotatable bonds is 3. The topological polar surface area (TPSA) is 34.9 Å². The third-order valence-electron chi connectivity index (χ3n) is 4.11. The smallest absolute Gasteiger partial charge is 0.204 e. The Morgan fingerprint density at radius 2 is 1.50 bits per heavy atom. The third-order valence-corrected chi connectivity index (χ3v) is 4.36. The number of nitrogens with zero attached hydrogens (tertiary/aromatic N) is 2. The van der Waals surface area contributed by atoms with Crippen molar-refractivity contribution in [1.29, 1.82) is 0 Å². The van der Waals surface area contributed by atoms with Gasteiger partial charge in [0.25, 0.3) is 0 Å². The molecule has 4 rings (SSSR count). The average Bonchev–Trinajstić information content (AvgIpc) is 2.93. The number of hydrogen-bond donors (Lipinski definition) is 0. The summed E-state index contributed by atoms with van der Waals surface area (Å²) in [7, 11) is 0. The fraction of sp³-hybridized carbons (Fsp3) is 0. The van der Waals surface area contributed by atoms with Crippen molar-refractivity contribution in [2.75, 3.05) is 0 Å². The van der Waals surface area contributed by atoms with Gasteiger partial charge in [0, 0.05) is 10.4 Å². The van der Waals surface area contributed by atoms with E-state index in [0.717, 1.165) is 22.3 Å². The van der Waals surface area contributed by atoms with Crippen LogP contribution in [0.15, 0.2) is 83.7 Å². The Labute approximate surface area is 155 Å². The van der Waals surface area contributed by atoms with Gasteiger partial charge in [-0.25, -0.2) is 4.68 Å². The average molecular weight is 359 g/mol. The molecule has 0 unspecified atom stereocenters. The molecule has 0 saturated heterocycles. The Morgan fingerprint density at radius 3 is 2.27 bits per heavy atom. The minimum Gasteiger partial charge on any atom is -0.288 e. The zero-order valence-electron chi connectivity index (χ0n) is 13.8. The van der Waals surface area contributed by atoms with Gasteiger partial charge in [-0.1, -0.05) is 66.2 Å².